The summed E-state index contributed by atoms with van der Waals surface area (Å²) in [5, 5.41) is 0. The van der Waals surface area contributed by atoms with Crippen molar-refractivity contribution in [1.29, 1.82) is 0 Å². The Morgan fingerprint density at radius 3 is 2.50 bits per heavy atom. The van der Waals surface area contributed by atoms with Gasteiger partial charge in [-0.25, -0.2) is 4.79 Å². The second-order valence-corrected chi connectivity index (χ2v) is 8.17. The number of nitrogens with zero attached hydrogens (tertiary/aromatic N) is 1. The van der Waals surface area contributed by atoms with Crippen molar-refractivity contribution in [2.24, 2.45) is 0 Å². The van der Waals surface area contributed by atoms with Crippen LogP contribution in [0.1, 0.15) is 16.1 Å². The summed E-state index contributed by atoms with van der Waals surface area (Å²) in [6.07, 6.45) is 3.10. The first-order valence-corrected chi connectivity index (χ1v) is 10.6. The lowest BCUT2D eigenvalue weighted by Crippen LogP contribution is -2.27. The minimum Gasteiger partial charge on any atom is -0.497 e. The Morgan fingerprint density at radius 1 is 1.06 bits per heavy atom. The first-order chi connectivity index (χ1) is 15.5. The van der Waals surface area contributed by atoms with Crippen molar-refractivity contribution < 1.29 is 28.2 Å². The maximum absolute atomic E-state index is 13.0. The SMILES string of the molecule is COc1ccc(N2C(=O)C(=Cc3ccc(OC(=O)c4ccco4)c(OC)c3)SC2=S)cc1. The van der Waals surface area contributed by atoms with E-state index in [1.807, 2.05) is 0 Å². The van der Waals surface area contributed by atoms with Crippen LogP contribution in [0.4, 0.5) is 5.69 Å². The van der Waals surface area contributed by atoms with Gasteiger partial charge in [0.05, 0.1) is 31.1 Å². The number of amides is 1. The highest BCUT2D eigenvalue weighted by molar-refractivity contribution is 8.27. The summed E-state index contributed by atoms with van der Waals surface area (Å²) in [4.78, 5) is 27.1. The van der Waals surface area contributed by atoms with Crippen molar-refractivity contribution >= 4 is 51.9 Å². The molecule has 0 bridgehead atoms. The quantitative estimate of drug-likeness (QED) is 0.219. The zero-order valence-corrected chi connectivity index (χ0v) is 18.7. The molecule has 0 radical (unpaired) electrons. The van der Waals surface area contributed by atoms with E-state index in [0.717, 1.165) is 0 Å². The molecule has 0 aliphatic carbocycles. The van der Waals surface area contributed by atoms with E-state index in [9.17, 15) is 9.59 Å². The molecule has 1 amide bonds. The summed E-state index contributed by atoms with van der Waals surface area (Å²) < 4.78 is 21.3. The number of hydrogen-bond donors (Lipinski definition) is 0. The molecule has 2 heterocycles. The number of carbonyl (C=O) groups excluding carboxylic acids is 2. The van der Waals surface area contributed by atoms with Crippen molar-refractivity contribution in [3.05, 3.63) is 77.1 Å². The Labute approximate surface area is 193 Å². The third kappa shape index (κ3) is 4.39. The van der Waals surface area contributed by atoms with Crippen LogP contribution in [0.5, 0.6) is 17.2 Å². The van der Waals surface area contributed by atoms with Gasteiger partial charge in [0.15, 0.2) is 15.8 Å². The van der Waals surface area contributed by atoms with Crippen molar-refractivity contribution in [3.8, 4) is 17.2 Å². The van der Waals surface area contributed by atoms with Gasteiger partial charge in [0, 0.05) is 0 Å². The van der Waals surface area contributed by atoms with Crippen LogP contribution in [0.3, 0.4) is 0 Å². The van der Waals surface area contributed by atoms with E-state index in [1.165, 1.54) is 36.1 Å². The number of hydrogen-bond acceptors (Lipinski definition) is 8. The van der Waals surface area contributed by atoms with Crippen LogP contribution in [0.25, 0.3) is 6.08 Å². The molecule has 0 saturated carbocycles. The van der Waals surface area contributed by atoms with E-state index in [0.29, 0.717) is 32.0 Å². The molecule has 7 nitrogen and oxygen atoms in total. The van der Waals surface area contributed by atoms with Gasteiger partial charge in [0.2, 0.25) is 5.76 Å². The summed E-state index contributed by atoms with van der Waals surface area (Å²) in [7, 11) is 3.04. The molecule has 32 heavy (non-hydrogen) atoms. The topological polar surface area (TPSA) is 78.2 Å². The fourth-order valence-electron chi connectivity index (χ4n) is 2.98. The van der Waals surface area contributed by atoms with E-state index in [1.54, 1.807) is 61.7 Å². The van der Waals surface area contributed by atoms with E-state index in [2.05, 4.69) is 0 Å². The lowest BCUT2D eigenvalue weighted by molar-refractivity contribution is -0.113. The standard InChI is InChI=1S/C23H17NO6S2/c1-27-16-8-6-15(7-9-16)24-21(25)20(32-23(24)31)13-14-5-10-17(19(12-14)28-2)30-22(26)18-4-3-11-29-18/h3-13H,1-2H3. The highest BCUT2D eigenvalue weighted by Crippen LogP contribution is 2.37. The number of rotatable bonds is 6. The Bertz CT molecular complexity index is 1200. The maximum Gasteiger partial charge on any atom is 0.379 e. The molecule has 1 aliphatic rings. The van der Waals surface area contributed by atoms with Crippen molar-refractivity contribution in [1.82, 2.24) is 0 Å². The van der Waals surface area contributed by atoms with Gasteiger partial charge < -0.3 is 18.6 Å². The van der Waals surface area contributed by atoms with Crippen molar-refractivity contribution in [3.63, 3.8) is 0 Å². The molecule has 1 fully saturated rings. The van der Waals surface area contributed by atoms with Crippen LogP contribution >= 0.6 is 24.0 Å². The van der Waals surface area contributed by atoms with Crippen LogP contribution in [-0.4, -0.2) is 30.4 Å². The van der Waals surface area contributed by atoms with Crippen LogP contribution in [0, 0.1) is 0 Å². The molecule has 9 heteroatoms. The number of anilines is 1. The predicted octanol–water partition coefficient (Wildman–Crippen LogP) is 4.92. The molecule has 1 aliphatic heterocycles. The lowest BCUT2D eigenvalue weighted by Gasteiger charge is -2.14. The van der Waals surface area contributed by atoms with Crippen molar-refractivity contribution in [2.45, 2.75) is 0 Å². The fraction of sp³-hybridized carbons (Fsp3) is 0.0870. The number of carbonyl (C=O) groups is 2. The van der Waals surface area contributed by atoms with Gasteiger partial charge in [0.25, 0.3) is 5.91 Å². The van der Waals surface area contributed by atoms with Crippen molar-refractivity contribution in [2.75, 3.05) is 19.1 Å². The Hall–Kier alpha value is -3.56. The molecular weight excluding hydrogens is 450 g/mol. The smallest absolute Gasteiger partial charge is 0.379 e. The molecule has 1 saturated heterocycles. The lowest BCUT2D eigenvalue weighted by atomic mass is 10.1. The van der Waals surface area contributed by atoms with Crippen LogP contribution in [0.15, 0.2) is 70.2 Å². The van der Waals surface area contributed by atoms with E-state index >= 15 is 0 Å². The van der Waals surface area contributed by atoms with Gasteiger partial charge in [-0.3, -0.25) is 9.69 Å². The minimum atomic E-state index is -0.638. The molecule has 1 aromatic heterocycles. The van der Waals surface area contributed by atoms with E-state index < -0.39 is 5.97 Å². The second kappa shape index (κ2) is 9.29. The van der Waals surface area contributed by atoms with Gasteiger partial charge in [-0.15, -0.1) is 0 Å². The summed E-state index contributed by atoms with van der Waals surface area (Å²) in [5.74, 6) is 0.480. The molecular formula is C23H17NO6S2. The normalized spacial score (nSPS) is 14.7. The summed E-state index contributed by atoms with van der Waals surface area (Å²) in [5.41, 5.74) is 1.35. The van der Waals surface area contributed by atoms with E-state index in [-0.39, 0.29) is 17.4 Å². The number of methoxy groups -OCH3 is 2. The van der Waals surface area contributed by atoms with E-state index in [4.69, 9.17) is 30.8 Å². The Balaban J connectivity index is 1.56. The van der Waals surface area contributed by atoms with Gasteiger partial charge in [-0.05, 0) is 60.2 Å². The second-order valence-electron chi connectivity index (χ2n) is 6.49. The predicted molar refractivity (Wildman–Crippen MR) is 125 cm³/mol. The highest BCUT2D eigenvalue weighted by atomic mass is 32.2. The molecule has 0 atom stereocenters. The Kier molecular flexibility index (Phi) is 6.29. The first-order valence-electron chi connectivity index (χ1n) is 9.36. The summed E-state index contributed by atoms with van der Waals surface area (Å²) in [6.45, 7) is 0. The number of benzene rings is 2. The number of furan rings is 1. The molecule has 0 unspecified atom stereocenters. The van der Waals surface area contributed by atoms with Gasteiger partial charge in [-0.2, -0.15) is 0 Å². The van der Waals surface area contributed by atoms with Crippen LogP contribution < -0.4 is 19.1 Å². The monoisotopic (exact) mass is 467 g/mol. The largest absolute Gasteiger partial charge is 0.497 e. The first kappa shape index (κ1) is 21.7. The zero-order valence-electron chi connectivity index (χ0n) is 17.1. The molecule has 162 valence electrons. The summed E-state index contributed by atoms with van der Waals surface area (Å²) in [6, 6.07) is 15.2. The third-order valence-corrected chi connectivity index (χ3v) is 5.84. The average molecular weight is 468 g/mol. The third-order valence-electron chi connectivity index (χ3n) is 4.53. The number of thioether (sulfide) groups is 1. The van der Waals surface area contributed by atoms with Crippen LogP contribution in [0.2, 0.25) is 0 Å². The number of ether oxygens (including phenoxy) is 3. The highest BCUT2D eigenvalue weighted by Gasteiger charge is 2.33. The number of thiocarbonyl (C=S) groups is 1. The molecule has 0 spiro atoms. The number of esters is 1. The Morgan fingerprint density at radius 2 is 1.84 bits per heavy atom. The van der Waals surface area contributed by atoms with Gasteiger partial charge in [0.1, 0.15) is 5.75 Å². The maximum atomic E-state index is 13.0. The molecule has 3 aromatic rings. The van der Waals surface area contributed by atoms with Gasteiger partial charge in [-0.1, -0.05) is 30.0 Å². The average Bonchev–Trinajstić information content (AvgIpc) is 3.43. The molecule has 0 N–H and O–H groups in total. The molecule has 2 aromatic carbocycles. The van der Waals surface area contributed by atoms with Crippen LogP contribution in [-0.2, 0) is 4.79 Å². The zero-order chi connectivity index (χ0) is 22.7. The van der Waals surface area contributed by atoms with Gasteiger partial charge >= 0.3 is 5.97 Å². The summed E-state index contributed by atoms with van der Waals surface area (Å²) >= 11 is 6.62. The molecule has 4 rings (SSSR count). The minimum absolute atomic E-state index is 0.0818. The fourth-order valence-corrected chi connectivity index (χ4v) is 4.28.